The zero-order chi connectivity index (χ0) is 12.8. The number of benzene rings is 1. The second-order valence-corrected chi connectivity index (χ2v) is 4.49. The Labute approximate surface area is 104 Å². The second-order valence-electron chi connectivity index (χ2n) is 4.49. The SMILES string of the molecule is CCCC(N)C(CO)Oc1cccc(C)c1C. The Balaban J connectivity index is 2.77. The lowest BCUT2D eigenvalue weighted by atomic mass is 10.1. The molecule has 1 aromatic carbocycles. The van der Waals surface area contributed by atoms with Crippen molar-refractivity contribution in [3.05, 3.63) is 29.3 Å². The molecule has 0 aliphatic heterocycles. The molecule has 1 rings (SSSR count). The van der Waals surface area contributed by atoms with Gasteiger partial charge in [-0.2, -0.15) is 0 Å². The molecule has 17 heavy (non-hydrogen) atoms. The van der Waals surface area contributed by atoms with E-state index in [2.05, 4.69) is 6.92 Å². The maximum atomic E-state index is 9.34. The molecule has 0 fully saturated rings. The van der Waals surface area contributed by atoms with E-state index in [4.69, 9.17) is 10.5 Å². The van der Waals surface area contributed by atoms with E-state index in [0.717, 1.165) is 24.2 Å². The summed E-state index contributed by atoms with van der Waals surface area (Å²) in [6.45, 7) is 6.09. The lowest BCUT2D eigenvalue weighted by Crippen LogP contribution is -2.41. The molecule has 0 saturated heterocycles. The normalized spacial score (nSPS) is 14.4. The molecule has 0 radical (unpaired) electrons. The third kappa shape index (κ3) is 3.72. The lowest BCUT2D eigenvalue weighted by Gasteiger charge is -2.24. The van der Waals surface area contributed by atoms with Crippen LogP contribution in [0.25, 0.3) is 0 Å². The fraction of sp³-hybridized carbons (Fsp3) is 0.571. The fourth-order valence-corrected chi connectivity index (χ4v) is 1.79. The first-order chi connectivity index (χ1) is 8.10. The number of rotatable bonds is 6. The largest absolute Gasteiger partial charge is 0.486 e. The van der Waals surface area contributed by atoms with Crippen LogP contribution in [0.4, 0.5) is 0 Å². The summed E-state index contributed by atoms with van der Waals surface area (Å²) in [4.78, 5) is 0. The number of aliphatic hydroxyl groups is 1. The molecule has 2 atom stereocenters. The van der Waals surface area contributed by atoms with E-state index in [1.165, 1.54) is 5.56 Å². The molecule has 0 amide bonds. The zero-order valence-corrected chi connectivity index (χ0v) is 10.9. The smallest absolute Gasteiger partial charge is 0.137 e. The van der Waals surface area contributed by atoms with Crippen molar-refractivity contribution in [3.63, 3.8) is 0 Å². The van der Waals surface area contributed by atoms with Gasteiger partial charge in [0, 0.05) is 6.04 Å². The third-order valence-electron chi connectivity index (χ3n) is 3.11. The zero-order valence-electron chi connectivity index (χ0n) is 10.9. The van der Waals surface area contributed by atoms with Gasteiger partial charge < -0.3 is 15.6 Å². The minimum atomic E-state index is -0.324. The van der Waals surface area contributed by atoms with Gasteiger partial charge in [-0.15, -0.1) is 0 Å². The van der Waals surface area contributed by atoms with Gasteiger partial charge in [0.25, 0.3) is 0 Å². The summed E-state index contributed by atoms with van der Waals surface area (Å²) in [7, 11) is 0. The summed E-state index contributed by atoms with van der Waals surface area (Å²) in [6.07, 6.45) is 1.53. The molecule has 96 valence electrons. The highest BCUT2D eigenvalue weighted by molar-refractivity contribution is 5.38. The summed E-state index contributed by atoms with van der Waals surface area (Å²) >= 11 is 0. The van der Waals surface area contributed by atoms with Crippen LogP contribution in [0.15, 0.2) is 18.2 Å². The molecule has 0 saturated carbocycles. The minimum Gasteiger partial charge on any atom is -0.486 e. The molecule has 0 aliphatic rings. The van der Waals surface area contributed by atoms with Crippen molar-refractivity contribution in [2.45, 2.75) is 45.8 Å². The molecule has 1 aromatic rings. The first-order valence-electron chi connectivity index (χ1n) is 6.19. The van der Waals surface area contributed by atoms with E-state index in [1.807, 2.05) is 32.0 Å². The van der Waals surface area contributed by atoms with Crippen LogP contribution in [0.5, 0.6) is 5.75 Å². The van der Waals surface area contributed by atoms with Crippen LogP contribution in [-0.2, 0) is 0 Å². The predicted octanol–water partition coefficient (Wildman–Crippen LogP) is 2.17. The van der Waals surface area contributed by atoms with E-state index in [0.29, 0.717) is 0 Å². The minimum absolute atomic E-state index is 0.0471. The summed E-state index contributed by atoms with van der Waals surface area (Å²) in [5.41, 5.74) is 8.28. The van der Waals surface area contributed by atoms with Gasteiger partial charge in [-0.05, 0) is 37.5 Å². The predicted molar refractivity (Wildman–Crippen MR) is 70.3 cm³/mol. The maximum Gasteiger partial charge on any atom is 0.137 e. The van der Waals surface area contributed by atoms with Crippen molar-refractivity contribution in [2.75, 3.05) is 6.61 Å². The van der Waals surface area contributed by atoms with Crippen molar-refractivity contribution in [1.29, 1.82) is 0 Å². The molecular formula is C14H23NO2. The van der Waals surface area contributed by atoms with Crippen molar-refractivity contribution in [1.82, 2.24) is 0 Å². The van der Waals surface area contributed by atoms with Crippen molar-refractivity contribution in [3.8, 4) is 5.75 Å². The quantitative estimate of drug-likeness (QED) is 0.797. The molecule has 0 spiro atoms. The summed E-state index contributed by atoms with van der Waals surface area (Å²) in [6, 6.07) is 5.80. The van der Waals surface area contributed by atoms with Gasteiger partial charge in [0.2, 0.25) is 0 Å². The van der Waals surface area contributed by atoms with Gasteiger partial charge in [0.05, 0.1) is 6.61 Å². The van der Waals surface area contributed by atoms with E-state index in [1.54, 1.807) is 0 Å². The second kappa shape index (κ2) is 6.62. The first-order valence-corrected chi connectivity index (χ1v) is 6.19. The number of nitrogens with two attached hydrogens (primary N) is 1. The Bertz CT molecular complexity index is 352. The van der Waals surface area contributed by atoms with E-state index >= 15 is 0 Å². The Morgan fingerprint density at radius 2 is 2.06 bits per heavy atom. The highest BCUT2D eigenvalue weighted by Crippen LogP contribution is 2.22. The van der Waals surface area contributed by atoms with E-state index in [9.17, 15) is 5.11 Å². The molecule has 0 aliphatic carbocycles. The van der Waals surface area contributed by atoms with Gasteiger partial charge in [-0.3, -0.25) is 0 Å². The topological polar surface area (TPSA) is 55.5 Å². The van der Waals surface area contributed by atoms with Crippen molar-refractivity contribution >= 4 is 0 Å². The Morgan fingerprint density at radius 1 is 1.35 bits per heavy atom. The molecule has 0 bridgehead atoms. The van der Waals surface area contributed by atoms with Gasteiger partial charge in [0.1, 0.15) is 11.9 Å². The lowest BCUT2D eigenvalue weighted by molar-refractivity contribution is 0.0910. The first kappa shape index (κ1) is 14.0. The molecule has 3 nitrogen and oxygen atoms in total. The number of aryl methyl sites for hydroxylation is 1. The molecule has 0 aromatic heterocycles. The average molecular weight is 237 g/mol. The average Bonchev–Trinajstić information content (AvgIpc) is 2.31. The van der Waals surface area contributed by atoms with Gasteiger partial charge in [-0.25, -0.2) is 0 Å². The summed E-state index contributed by atoms with van der Waals surface area (Å²) in [5, 5.41) is 9.34. The summed E-state index contributed by atoms with van der Waals surface area (Å²) in [5.74, 6) is 0.815. The van der Waals surface area contributed by atoms with Crippen LogP contribution in [-0.4, -0.2) is 23.9 Å². The Kier molecular flexibility index (Phi) is 5.45. The Hall–Kier alpha value is -1.06. The maximum absolute atomic E-state index is 9.34. The third-order valence-corrected chi connectivity index (χ3v) is 3.11. The number of aliphatic hydroxyl groups excluding tert-OH is 1. The van der Waals surface area contributed by atoms with Crippen molar-refractivity contribution in [2.24, 2.45) is 5.73 Å². The van der Waals surface area contributed by atoms with Gasteiger partial charge in [-0.1, -0.05) is 25.5 Å². The van der Waals surface area contributed by atoms with Crippen LogP contribution in [0, 0.1) is 13.8 Å². The van der Waals surface area contributed by atoms with E-state index < -0.39 is 0 Å². The fourth-order valence-electron chi connectivity index (χ4n) is 1.79. The molecule has 3 N–H and O–H groups in total. The van der Waals surface area contributed by atoms with Crippen LogP contribution in [0.2, 0.25) is 0 Å². The number of hydrogen-bond donors (Lipinski definition) is 2. The summed E-state index contributed by atoms with van der Waals surface area (Å²) < 4.78 is 5.81. The number of ether oxygens (including phenoxy) is 1. The van der Waals surface area contributed by atoms with Crippen molar-refractivity contribution < 1.29 is 9.84 Å². The molecule has 0 heterocycles. The molecule has 3 heteroatoms. The van der Waals surface area contributed by atoms with E-state index in [-0.39, 0.29) is 18.8 Å². The highest BCUT2D eigenvalue weighted by atomic mass is 16.5. The monoisotopic (exact) mass is 237 g/mol. The molecular weight excluding hydrogens is 214 g/mol. The van der Waals surface area contributed by atoms with Gasteiger partial charge >= 0.3 is 0 Å². The van der Waals surface area contributed by atoms with Gasteiger partial charge in [0.15, 0.2) is 0 Å². The van der Waals surface area contributed by atoms with Crippen LogP contribution in [0.3, 0.4) is 0 Å². The molecule has 2 unspecified atom stereocenters. The number of hydrogen-bond acceptors (Lipinski definition) is 3. The van der Waals surface area contributed by atoms with Crippen LogP contribution >= 0.6 is 0 Å². The standard InChI is InChI=1S/C14H23NO2/c1-4-6-12(15)14(9-16)17-13-8-5-7-10(2)11(13)3/h5,7-8,12,14,16H,4,6,9,15H2,1-3H3. The van der Waals surface area contributed by atoms with Crippen LogP contribution in [0.1, 0.15) is 30.9 Å². The van der Waals surface area contributed by atoms with Crippen LogP contribution < -0.4 is 10.5 Å². The Morgan fingerprint density at radius 3 is 2.65 bits per heavy atom. The highest BCUT2D eigenvalue weighted by Gasteiger charge is 2.18.